The molecule has 24 heavy (non-hydrogen) atoms. The lowest BCUT2D eigenvalue weighted by atomic mass is 10.2. The van der Waals surface area contributed by atoms with Crippen LogP contribution in [0.4, 0.5) is 5.69 Å². The van der Waals surface area contributed by atoms with Crippen LogP contribution in [0.3, 0.4) is 0 Å². The summed E-state index contributed by atoms with van der Waals surface area (Å²) < 4.78 is 7.28. The fourth-order valence-electron chi connectivity index (χ4n) is 2.40. The summed E-state index contributed by atoms with van der Waals surface area (Å²) in [6, 6.07) is 17.2. The Labute approximate surface area is 140 Å². The summed E-state index contributed by atoms with van der Waals surface area (Å²) in [5, 5.41) is 7.20. The fourth-order valence-corrected chi connectivity index (χ4v) is 2.40. The van der Waals surface area contributed by atoms with Gasteiger partial charge in [-0.25, -0.2) is 4.68 Å². The maximum atomic E-state index is 12.3. The van der Waals surface area contributed by atoms with Gasteiger partial charge in [0.2, 0.25) is 5.91 Å². The van der Waals surface area contributed by atoms with Gasteiger partial charge in [-0.1, -0.05) is 30.3 Å². The van der Waals surface area contributed by atoms with Gasteiger partial charge in [-0.2, -0.15) is 5.10 Å². The third kappa shape index (κ3) is 3.81. The molecule has 0 spiro atoms. The van der Waals surface area contributed by atoms with E-state index in [1.165, 1.54) is 0 Å². The quantitative estimate of drug-likeness (QED) is 0.756. The van der Waals surface area contributed by atoms with Crippen molar-refractivity contribution in [2.45, 2.75) is 13.3 Å². The SMILES string of the molecule is CCOc1ccccc1NC(=O)Cc1cnn(-c2ccccc2)c1. The molecule has 1 aromatic heterocycles. The lowest BCUT2D eigenvalue weighted by Crippen LogP contribution is -2.15. The van der Waals surface area contributed by atoms with Gasteiger partial charge in [-0.05, 0) is 36.8 Å². The molecule has 1 heterocycles. The second-order valence-corrected chi connectivity index (χ2v) is 5.28. The van der Waals surface area contributed by atoms with Crippen molar-refractivity contribution < 1.29 is 9.53 Å². The zero-order valence-corrected chi connectivity index (χ0v) is 13.5. The molecule has 0 unspecified atom stereocenters. The standard InChI is InChI=1S/C19H19N3O2/c1-2-24-18-11-7-6-10-17(18)21-19(23)12-15-13-20-22(14-15)16-8-4-3-5-9-16/h3-11,13-14H,2,12H2,1H3,(H,21,23). The van der Waals surface area contributed by atoms with Crippen molar-refractivity contribution in [2.24, 2.45) is 0 Å². The van der Waals surface area contributed by atoms with E-state index in [1.54, 1.807) is 10.9 Å². The van der Waals surface area contributed by atoms with E-state index in [9.17, 15) is 4.79 Å². The normalized spacial score (nSPS) is 10.4. The summed E-state index contributed by atoms with van der Waals surface area (Å²) in [5.41, 5.74) is 2.50. The Hall–Kier alpha value is -3.08. The molecule has 2 aromatic carbocycles. The van der Waals surface area contributed by atoms with Crippen LogP contribution in [0.5, 0.6) is 5.75 Å². The Bertz CT molecular complexity index is 812. The molecule has 3 rings (SSSR count). The summed E-state index contributed by atoms with van der Waals surface area (Å²) in [7, 11) is 0. The molecule has 5 heteroatoms. The topological polar surface area (TPSA) is 56.1 Å². The highest BCUT2D eigenvalue weighted by Crippen LogP contribution is 2.23. The zero-order valence-electron chi connectivity index (χ0n) is 13.5. The molecule has 0 aliphatic heterocycles. The monoisotopic (exact) mass is 321 g/mol. The number of carbonyl (C=O) groups excluding carboxylic acids is 1. The van der Waals surface area contributed by atoms with Crippen molar-refractivity contribution >= 4 is 11.6 Å². The first-order chi connectivity index (χ1) is 11.8. The maximum Gasteiger partial charge on any atom is 0.229 e. The Morgan fingerprint density at radius 3 is 2.67 bits per heavy atom. The molecule has 0 aliphatic rings. The number of aromatic nitrogens is 2. The van der Waals surface area contributed by atoms with Crippen molar-refractivity contribution in [3.63, 3.8) is 0 Å². The van der Waals surface area contributed by atoms with E-state index < -0.39 is 0 Å². The number of para-hydroxylation sites is 3. The number of rotatable bonds is 6. The van der Waals surface area contributed by atoms with Crippen molar-refractivity contribution in [3.05, 3.63) is 72.6 Å². The summed E-state index contributed by atoms with van der Waals surface area (Å²) >= 11 is 0. The third-order valence-electron chi connectivity index (χ3n) is 3.48. The number of anilines is 1. The minimum absolute atomic E-state index is 0.102. The summed E-state index contributed by atoms with van der Waals surface area (Å²) in [5.74, 6) is 0.572. The number of nitrogens with one attached hydrogen (secondary N) is 1. The second kappa shape index (κ2) is 7.46. The first-order valence-corrected chi connectivity index (χ1v) is 7.87. The molecule has 0 atom stereocenters. The molecule has 0 radical (unpaired) electrons. The zero-order chi connectivity index (χ0) is 16.8. The van der Waals surface area contributed by atoms with Crippen LogP contribution in [0.1, 0.15) is 12.5 Å². The molecule has 1 amide bonds. The minimum atomic E-state index is -0.102. The van der Waals surface area contributed by atoms with E-state index in [1.807, 2.05) is 67.7 Å². The van der Waals surface area contributed by atoms with Crippen LogP contribution in [0.15, 0.2) is 67.0 Å². The number of ether oxygens (including phenoxy) is 1. The van der Waals surface area contributed by atoms with E-state index in [0.29, 0.717) is 18.0 Å². The summed E-state index contributed by atoms with van der Waals surface area (Å²) in [6.07, 6.45) is 3.83. The molecule has 0 aliphatic carbocycles. The van der Waals surface area contributed by atoms with Crippen molar-refractivity contribution in [1.82, 2.24) is 9.78 Å². The van der Waals surface area contributed by atoms with E-state index in [4.69, 9.17) is 4.74 Å². The molecule has 0 bridgehead atoms. The fraction of sp³-hybridized carbons (Fsp3) is 0.158. The Morgan fingerprint density at radius 1 is 1.12 bits per heavy atom. The van der Waals surface area contributed by atoms with Gasteiger partial charge in [0, 0.05) is 6.20 Å². The first kappa shape index (κ1) is 15.8. The lowest BCUT2D eigenvalue weighted by Gasteiger charge is -2.10. The van der Waals surface area contributed by atoms with Crippen LogP contribution >= 0.6 is 0 Å². The van der Waals surface area contributed by atoms with Crippen LogP contribution in [-0.2, 0) is 11.2 Å². The Morgan fingerprint density at radius 2 is 1.88 bits per heavy atom. The van der Waals surface area contributed by atoms with Gasteiger partial charge in [0.15, 0.2) is 0 Å². The highest BCUT2D eigenvalue weighted by Gasteiger charge is 2.10. The lowest BCUT2D eigenvalue weighted by molar-refractivity contribution is -0.115. The number of benzene rings is 2. The van der Waals surface area contributed by atoms with Gasteiger partial charge in [0.25, 0.3) is 0 Å². The molecular formula is C19H19N3O2. The van der Waals surface area contributed by atoms with Crippen molar-refractivity contribution in [2.75, 3.05) is 11.9 Å². The number of hydrogen-bond acceptors (Lipinski definition) is 3. The van der Waals surface area contributed by atoms with Crippen LogP contribution in [0.2, 0.25) is 0 Å². The average molecular weight is 321 g/mol. The van der Waals surface area contributed by atoms with E-state index in [0.717, 1.165) is 11.3 Å². The second-order valence-electron chi connectivity index (χ2n) is 5.28. The number of hydrogen-bond donors (Lipinski definition) is 1. The predicted octanol–water partition coefficient (Wildman–Crippen LogP) is 3.45. The van der Waals surface area contributed by atoms with E-state index in [-0.39, 0.29) is 12.3 Å². The van der Waals surface area contributed by atoms with Gasteiger partial charge in [0.05, 0.1) is 30.6 Å². The molecule has 0 saturated heterocycles. The summed E-state index contributed by atoms with van der Waals surface area (Å²) in [6.45, 7) is 2.47. The molecule has 5 nitrogen and oxygen atoms in total. The van der Waals surface area contributed by atoms with Gasteiger partial charge in [-0.3, -0.25) is 4.79 Å². The van der Waals surface area contributed by atoms with E-state index in [2.05, 4.69) is 10.4 Å². The van der Waals surface area contributed by atoms with Gasteiger partial charge < -0.3 is 10.1 Å². The predicted molar refractivity (Wildman–Crippen MR) is 93.5 cm³/mol. The smallest absolute Gasteiger partial charge is 0.229 e. The largest absolute Gasteiger partial charge is 0.492 e. The first-order valence-electron chi connectivity index (χ1n) is 7.87. The number of nitrogens with zero attached hydrogens (tertiary/aromatic N) is 2. The molecular weight excluding hydrogens is 302 g/mol. The van der Waals surface area contributed by atoms with Crippen LogP contribution in [0.25, 0.3) is 5.69 Å². The van der Waals surface area contributed by atoms with Crippen molar-refractivity contribution in [1.29, 1.82) is 0 Å². The van der Waals surface area contributed by atoms with Gasteiger partial charge in [-0.15, -0.1) is 0 Å². The number of amides is 1. The summed E-state index contributed by atoms with van der Waals surface area (Å²) in [4.78, 5) is 12.3. The molecule has 1 N–H and O–H groups in total. The maximum absolute atomic E-state index is 12.3. The Balaban J connectivity index is 1.67. The highest BCUT2D eigenvalue weighted by molar-refractivity contribution is 5.93. The highest BCUT2D eigenvalue weighted by atomic mass is 16.5. The van der Waals surface area contributed by atoms with Crippen molar-refractivity contribution in [3.8, 4) is 11.4 Å². The van der Waals surface area contributed by atoms with Gasteiger partial charge in [0.1, 0.15) is 5.75 Å². The van der Waals surface area contributed by atoms with Crippen LogP contribution < -0.4 is 10.1 Å². The Kier molecular flexibility index (Phi) is 4.91. The van der Waals surface area contributed by atoms with Crippen LogP contribution in [-0.4, -0.2) is 22.3 Å². The van der Waals surface area contributed by atoms with Crippen LogP contribution in [0, 0.1) is 0 Å². The minimum Gasteiger partial charge on any atom is -0.492 e. The average Bonchev–Trinajstić information content (AvgIpc) is 3.06. The van der Waals surface area contributed by atoms with E-state index >= 15 is 0 Å². The number of carbonyl (C=O) groups is 1. The molecule has 0 fully saturated rings. The molecule has 3 aromatic rings. The molecule has 0 saturated carbocycles. The third-order valence-corrected chi connectivity index (χ3v) is 3.48. The van der Waals surface area contributed by atoms with Gasteiger partial charge >= 0.3 is 0 Å². The molecule has 122 valence electrons.